The zero-order valence-electron chi connectivity index (χ0n) is 7.12. The van der Waals surface area contributed by atoms with Crippen molar-refractivity contribution in [1.82, 2.24) is 0 Å². The standard InChI is InChI=1S/C9H9FO2S/c1-2-12-9(11)8(10)6-7-4-3-5-13-7/h3-6H,2H2,1H3/b8-6+. The molecular formula is C9H9FO2S. The van der Waals surface area contributed by atoms with Crippen LogP contribution in [-0.2, 0) is 9.53 Å². The maximum absolute atomic E-state index is 12.9. The Bertz CT molecular complexity index is 303. The van der Waals surface area contributed by atoms with E-state index in [0.29, 0.717) is 4.88 Å². The van der Waals surface area contributed by atoms with Gasteiger partial charge >= 0.3 is 5.97 Å². The van der Waals surface area contributed by atoms with Crippen LogP contribution in [0.1, 0.15) is 11.8 Å². The van der Waals surface area contributed by atoms with Crippen molar-refractivity contribution in [1.29, 1.82) is 0 Å². The van der Waals surface area contributed by atoms with Crippen molar-refractivity contribution in [3.63, 3.8) is 0 Å². The van der Waals surface area contributed by atoms with Crippen LogP contribution in [-0.4, -0.2) is 12.6 Å². The van der Waals surface area contributed by atoms with Gasteiger partial charge in [0.05, 0.1) is 6.61 Å². The van der Waals surface area contributed by atoms with Crippen LogP contribution in [0.15, 0.2) is 23.3 Å². The summed E-state index contributed by atoms with van der Waals surface area (Å²) >= 11 is 1.36. The maximum Gasteiger partial charge on any atom is 0.367 e. The number of halogens is 1. The van der Waals surface area contributed by atoms with E-state index in [-0.39, 0.29) is 6.61 Å². The molecule has 0 radical (unpaired) electrons. The van der Waals surface area contributed by atoms with Gasteiger partial charge in [-0.3, -0.25) is 0 Å². The van der Waals surface area contributed by atoms with Crippen LogP contribution in [0.5, 0.6) is 0 Å². The van der Waals surface area contributed by atoms with Crippen LogP contribution in [0, 0.1) is 0 Å². The second-order valence-electron chi connectivity index (χ2n) is 2.23. The minimum absolute atomic E-state index is 0.185. The van der Waals surface area contributed by atoms with E-state index in [0.717, 1.165) is 0 Å². The third-order valence-electron chi connectivity index (χ3n) is 1.28. The first-order valence-electron chi connectivity index (χ1n) is 3.82. The smallest absolute Gasteiger partial charge is 0.367 e. The summed E-state index contributed by atoms with van der Waals surface area (Å²) in [5.74, 6) is -1.76. The number of esters is 1. The SMILES string of the molecule is CCOC(=O)/C(F)=C\c1cccs1. The number of carbonyl (C=O) groups excluding carboxylic acids is 1. The summed E-state index contributed by atoms with van der Waals surface area (Å²) < 4.78 is 17.4. The highest BCUT2D eigenvalue weighted by Crippen LogP contribution is 2.14. The molecule has 0 saturated heterocycles. The first kappa shape index (κ1) is 9.92. The fourth-order valence-electron chi connectivity index (χ4n) is 0.757. The summed E-state index contributed by atoms with van der Waals surface area (Å²) in [4.78, 5) is 11.5. The van der Waals surface area contributed by atoms with E-state index in [1.807, 2.05) is 5.38 Å². The molecule has 0 spiro atoms. The Labute approximate surface area is 79.6 Å². The average Bonchev–Trinajstić information content (AvgIpc) is 2.57. The Hall–Kier alpha value is -1.16. The van der Waals surface area contributed by atoms with Crippen LogP contribution < -0.4 is 0 Å². The van der Waals surface area contributed by atoms with Gasteiger partial charge in [0.25, 0.3) is 0 Å². The lowest BCUT2D eigenvalue weighted by Gasteiger charge is -1.96. The molecule has 0 fully saturated rings. The van der Waals surface area contributed by atoms with Crippen LogP contribution in [0.3, 0.4) is 0 Å². The molecule has 0 aliphatic carbocycles. The maximum atomic E-state index is 12.9. The molecule has 0 aliphatic heterocycles. The highest BCUT2D eigenvalue weighted by Gasteiger charge is 2.08. The van der Waals surface area contributed by atoms with Gasteiger partial charge in [-0.1, -0.05) is 6.07 Å². The molecule has 0 atom stereocenters. The molecule has 1 aromatic rings. The van der Waals surface area contributed by atoms with Crippen molar-refractivity contribution in [3.8, 4) is 0 Å². The molecule has 70 valence electrons. The van der Waals surface area contributed by atoms with Crippen molar-refractivity contribution < 1.29 is 13.9 Å². The van der Waals surface area contributed by atoms with E-state index in [4.69, 9.17) is 0 Å². The fourth-order valence-corrected chi connectivity index (χ4v) is 1.40. The van der Waals surface area contributed by atoms with Crippen LogP contribution in [0.2, 0.25) is 0 Å². The molecule has 0 bridgehead atoms. The fraction of sp³-hybridized carbons (Fsp3) is 0.222. The molecule has 0 aromatic carbocycles. The molecule has 1 aromatic heterocycles. The van der Waals surface area contributed by atoms with E-state index < -0.39 is 11.8 Å². The molecule has 1 heterocycles. The van der Waals surface area contributed by atoms with Gasteiger partial charge in [-0.25, -0.2) is 4.79 Å². The van der Waals surface area contributed by atoms with E-state index in [1.165, 1.54) is 17.4 Å². The van der Waals surface area contributed by atoms with E-state index in [1.54, 1.807) is 19.1 Å². The second-order valence-corrected chi connectivity index (χ2v) is 3.21. The topological polar surface area (TPSA) is 26.3 Å². The third kappa shape index (κ3) is 2.99. The van der Waals surface area contributed by atoms with Gasteiger partial charge in [0.15, 0.2) is 0 Å². The van der Waals surface area contributed by atoms with E-state index in [9.17, 15) is 9.18 Å². The van der Waals surface area contributed by atoms with Crippen LogP contribution in [0.25, 0.3) is 6.08 Å². The number of thiophene rings is 1. The lowest BCUT2D eigenvalue weighted by Crippen LogP contribution is -2.03. The van der Waals surface area contributed by atoms with Gasteiger partial charge < -0.3 is 4.74 Å². The molecule has 0 N–H and O–H groups in total. The predicted molar refractivity (Wildman–Crippen MR) is 50.0 cm³/mol. The Kier molecular flexibility index (Phi) is 3.64. The lowest BCUT2D eigenvalue weighted by molar-refractivity contribution is -0.140. The molecule has 0 saturated carbocycles. The molecule has 2 nitrogen and oxygen atoms in total. The summed E-state index contributed by atoms with van der Waals surface area (Å²) in [5, 5.41) is 1.81. The zero-order valence-corrected chi connectivity index (χ0v) is 7.94. The van der Waals surface area contributed by atoms with E-state index in [2.05, 4.69) is 4.74 Å². The number of rotatable bonds is 3. The molecule has 0 aliphatic rings. The third-order valence-corrected chi connectivity index (χ3v) is 2.10. The van der Waals surface area contributed by atoms with Crippen LogP contribution >= 0.6 is 11.3 Å². The van der Waals surface area contributed by atoms with Gasteiger partial charge in [0.2, 0.25) is 5.83 Å². The summed E-state index contributed by atoms with van der Waals surface area (Å²) in [6.45, 7) is 1.82. The number of hydrogen-bond acceptors (Lipinski definition) is 3. The summed E-state index contributed by atoms with van der Waals surface area (Å²) in [5.41, 5.74) is 0. The van der Waals surface area contributed by atoms with E-state index >= 15 is 0 Å². The normalized spacial score (nSPS) is 11.4. The van der Waals surface area contributed by atoms with Gasteiger partial charge in [-0.2, -0.15) is 4.39 Å². The van der Waals surface area contributed by atoms with Crippen LogP contribution in [0.4, 0.5) is 4.39 Å². The molecule has 1 rings (SSSR count). The Morgan fingerprint density at radius 3 is 3.08 bits per heavy atom. The van der Waals surface area contributed by atoms with Gasteiger partial charge in [-0.15, -0.1) is 11.3 Å². The predicted octanol–water partition coefficient (Wildman–Crippen LogP) is 2.62. The molecule has 0 unspecified atom stereocenters. The Balaban J connectivity index is 2.66. The zero-order chi connectivity index (χ0) is 9.68. The van der Waals surface area contributed by atoms with Gasteiger partial charge in [0, 0.05) is 4.88 Å². The average molecular weight is 200 g/mol. The summed E-state index contributed by atoms with van der Waals surface area (Å²) in [6, 6.07) is 3.51. The highest BCUT2D eigenvalue weighted by molar-refractivity contribution is 7.10. The number of ether oxygens (including phenoxy) is 1. The highest BCUT2D eigenvalue weighted by atomic mass is 32.1. The largest absolute Gasteiger partial charge is 0.461 e. The van der Waals surface area contributed by atoms with Gasteiger partial charge in [0.1, 0.15) is 0 Å². The van der Waals surface area contributed by atoms with Crippen molar-refractivity contribution in [2.75, 3.05) is 6.61 Å². The van der Waals surface area contributed by atoms with Gasteiger partial charge in [-0.05, 0) is 24.4 Å². The minimum Gasteiger partial charge on any atom is -0.461 e. The first-order valence-corrected chi connectivity index (χ1v) is 4.70. The summed E-state index contributed by atoms with van der Waals surface area (Å²) in [6.07, 6.45) is 1.17. The van der Waals surface area contributed by atoms with Crippen molar-refractivity contribution in [3.05, 3.63) is 28.2 Å². The van der Waals surface area contributed by atoms with Crippen molar-refractivity contribution >= 4 is 23.4 Å². The number of carbonyl (C=O) groups is 1. The minimum atomic E-state index is -0.907. The first-order chi connectivity index (χ1) is 6.24. The van der Waals surface area contributed by atoms with Crippen molar-refractivity contribution in [2.24, 2.45) is 0 Å². The molecule has 13 heavy (non-hydrogen) atoms. The quantitative estimate of drug-likeness (QED) is 0.553. The second kappa shape index (κ2) is 4.77. The van der Waals surface area contributed by atoms with Crippen molar-refractivity contribution in [2.45, 2.75) is 6.92 Å². The monoisotopic (exact) mass is 200 g/mol. The lowest BCUT2D eigenvalue weighted by atomic mass is 10.4. The number of hydrogen-bond donors (Lipinski definition) is 0. The summed E-state index contributed by atoms with van der Waals surface area (Å²) in [7, 11) is 0. The Morgan fingerprint density at radius 2 is 2.54 bits per heavy atom. The molecule has 0 amide bonds. The Morgan fingerprint density at radius 1 is 1.77 bits per heavy atom. The molecule has 4 heteroatoms. The molecular weight excluding hydrogens is 191 g/mol.